The van der Waals surface area contributed by atoms with Gasteiger partial charge in [-0.05, 0) is 25.7 Å². The van der Waals surface area contributed by atoms with E-state index in [0.29, 0.717) is 6.61 Å². The fourth-order valence-electron chi connectivity index (χ4n) is 2.66. The Kier molecular flexibility index (Phi) is 3.62. The number of barbiturate groups is 1. The Morgan fingerprint density at radius 2 is 2.11 bits per heavy atom. The summed E-state index contributed by atoms with van der Waals surface area (Å²) in [6.45, 7) is 6.33. The van der Waals surface area contributed by atoms with E-state index in [-0.39, 0.29) is 12.5 Å². The second-order valence-corrected chi connectivity index (χ2v) is 5.84. The molecule has 2 aliphatic heterocycles. The molecule has 2 heterocycles. The van der Waals surface area contributed by atoms with Crippen molar-refractivity contribution in [2.24, 2.45) is 11.8 Å². The van der Waals surface area contributed by atoms with Gasteiger partial charge in [0, 0.05) is 6.61 Å². The van der Waals surface area contributed by atoms with Crippen molar-refractivity contribution in [2.75, 3.05) is 13.2 Å². The van der Waals surface area contributed by atoms with Crippen LogP contribution in [0.3, 0.4) is 0 Å². The van der Waals surface area contributed by atoms with Crippen LogP contribution in [-0.2, 0) is 14.3 Å². The van der Waals surface area contributed by atoms with Gasteiger partial charge in [-0.15, -0.1) is 0 Å². The molecule has 106 valence electrons. The summed E-state index contributed by atoms with van der Waals surface area (Å²) in [5, 5.41) is 2.25. The Balaban J connectivity index is 2.16. The van der Waals surface area contributed by atoms with Crippen molar-refractivity contribution in [2.45, 2.75) is 39.2 Å². The molecule has 6 heteroatoms. The zero-order valence-corrected chi connectivity index (χ0v) is 11.6. The Hall–Kier alpha value is -1.43. The highest BCUT2D eigenvalue weighted by molar-refractivity contribution is 6.16. The zero-order valence-electron chi connectivity index (χ0n) is 11.6. The third-order valence-corrected chi connectivity index (χ3v) is 3.75. The molecule has 2 unspecified atom stereocenters. The Labute approximate surface area is 112 Å². The number of hydrogen-bond donors (Lipinski definition) is 1. The van der Waals surface area contributed by atoms with Crippen LogP contribution in [0, 0.1) is 11.8 Å². The van der Waals surface area contributed by atoms with Crippen LogP contribution in [0.2, 0.25) is 0 Å². The standard InChI is InChI=1S/C13H20N2O4/c1-8(2)9-10(16)14-12(18)15(11(9)17)7-13(3)5-4-6-19-13/h8-9H,4-7H2,1-3H3,(H,14,16,18). The predicted molar refractivity (Wildman–Crippen MR) is 67.2 cm³/mol. The van der Waals surface area contributed by atoms with Gasteiger partial charge in [0.1, 0.15) is 5.92 Å². The number of rotatable bonds is 3. The average Bonchev–Trinajstić information content (AvgIpc) is 2.71. The molecule has 0 radical (unpaired) electrons. The number of carbonyl (C=O) groups is 3. The van der Waals surface area contributed by atoms with Crippen molar-refractivity contribution in [3.8, 4) is 0 Å². The minimum absolute atomic E-state index is 0.139. The highest BCUT2D eigenvalue weighted by Crippen LogP contribution is 2.28. The van der Waals surface area contributed by atoms with Crippen LogP contribution < -0.4 is 5.32 Å². The SMILES string of the molecule is CC(C)C1C(=O)NC(=O)N(CC2(C)CCCO2)C1=O. The summed E-state index contributed by atoms with van der Waals surface area (Å²) in [6, 6.07) is -0.636. The quantitative estimate of drug-likeness (QED) is 0.772. The Morgan fingerprint density at radius 3 is 2.63 bits per heavy atom. The maximum Gasteiger partial charge on any atom is 0.330 e. The van der Waals surface area contributed by atoms with Gasteiger partial charge in [0.2, 0.25) is 11.8 Å². The van der Waals surface area contributed by atoms with Crippen LogP contribution in [0.5, 0.6) is 0 Å². The molecule has 0 aliphatic carbocycles. The predicted octanol–water partition coefficient (Wildman–Crippen LogP) is 0.906. The first-order valence-corrected chi connectivity index (χ1v) is 6.64. The molecule has 2 rings (SSSR count). The number of carbonyl (C=O) groups excluding carboxylic acids is 3. The Bertz CT molecular complexity index is 413. The molecule has 1 N–H and O–H groups in total. The molecule has 0 bridgehead atoms. The summed E-state index contributed by atoms with van der Waals surface area (Å²) >= 11 is 0. The summed E-state index contributed by atoms with van der Waals surface area (Å²) in [7, 11) is 0. The molecule has 2 fully saturated rings. The van der Waals surface area contributed by atoms with E-state index in [1.165, 1.54) is 0 Å². The first kappa shape index (κ1) is 14.0. The number of amides is 4. The van der Waals surface area contributed by atoms with E-state index in [4.69, 9.17) is 4.74 Å². The van der Waals surface area contributed by atoms with Crippen molar-refractivity contribution in [1.29, 1.82) is 0 Å². The van der Waals surface area contributed by atoms with Gasteiger partial charge in [0.15, 0.2) is 0 Å². The summed E-state index contributed by atoms with van der Waals surface area (Å²) in [6.07, 6.45) is 1.73. The Morgan fingerprint density at radius 1 is 1.42 bits per heavy atom. The van der Waals surface area contributed by atoms with Crippen molar-refractivity contribution in [3.63, 3.8) is 0 Å². The van der Waals surface area contributed by atoms with Crippen LogP contribution in [0.25, 0.3) is 0 Å². The van der Waals surface area contributed by atoms with Gasteiger partial charge >= 0.3 is 6.03 Å². The normalized spacial score (nSPS) is 32.1. The third kappa shape index (κ3) is 2.63. The zero-order chi connectivity index (χ0) is 14.2. The average molecular weight is 268 g/mol. The van der Waals surface area contributed by atoms with E-state index < -0.39 is 29.4 Å². The van der Waals surface area contributed by atoms with Crippen molar-refractivity contribution in [3.05, 3.63) is 0 Å². The van der Waals surface area contributed by atoms with Gasteiger partial charge in [0.05, 0.1) is 12.1 Å². The second kappa shape index (κ2) is 4.92. The lowest BCUT2D eigenvalue weighted by molar-refractivity contribution is -0.146. The minimum atomic E-state index is -0.789. The molecule has 0 spiro atoms. The lowest BCUT2D eigenvalue weighted by Gasteiger charge is -2.36. The maximum absolute atomic E-state index is 12.3. The van der Waals surface area contributed by atoms with Crippen molar-refractivity contribution < 1.29 is 19.1 Å². The molecular formula is C13H20N2O4. The molecule has 2 atom stereocenters. The number of hydrogen-bond acceptors (Lipinski definition) is 4. The summed E-state index contributed by atoms with van der Waals surface area (Å²) in [5.41, 5.74) is -0.491. The highest BCUT2D eigenvalue weighted by Gasteiger charge is 2.45. The topological polar surface area (TPSA) is 75.7 Å². The molecule has 19 heavy (non-hydrogen) atoms. The van der Waals surface area contributed by atoms with Gasteiger partial charge in [0.25, 0.3) is 0 Å². The number of imide groups is 2. The molecule has 2 aliphatic rings. The van der Waals surface area contributed by atoms with E-state index >= 15 is 0 Å². The van der Waals surface area contributed by atoms with Crippen LogP contribution in [-0.4, -0.2) is 41.5 Å². The van der Waals surface area contributed by atoms with Gasteiger partial charge in [-0.2, -0.15) is 0 Å². The first-order chi connectivity index (χ1) is 8.84. The minimum Gasteiger partial charge on any atom is -0.373 e. The van der Waals surface area contributed by atoms with E-state index in [9.17, 15) is 14.4 Å². The van der Waals surface area contributed by atoms with Crippen LogP contribution in [0.1, 0.15) is 33.6 Å². The second-order valence-electron chi connectivity index (χ2n) is 5.84. The summed E-state index contributed by atoms with van der Waals surface area (Å²) < 4.78 is 5.60. The van der Waals surface area contributed by atoms with Gasteiger partial charge in [-0.25, -0.2) is 4.79 Å². The van der Waals surface area contributed by atoms with Crippen molar-refractivity contribution in [1.82, 2.24) is 10.2 Å². The summed E-state index contributed by atoms with van der Waals surface area (Å²) in [5.74, 6) is -1.85. The lowest BCUT2D eigenvalue weighted by atomic mass is 9.91. The molecule has 2 saturated heterocycles. The molecule has 6 nitrogen and oxygen atoms in total. The number of nitrogens with zero attached hydrogens (tertiary/aromatic N) is 1. The van der Waals surface area contributed by atoms with E-state index in [1.807, 2.05) is 6.92 Å². The molecule has 0 aromatic heterocycles. The number of ether oxygens (including phenoxy) is 1. The third-order valence-electron chi connectivity index (χ3n) is 3.75. The summed E-state index contributed by atoms with van der Waals surface area (Å²) in [4.78, 5) is 37.0. The number of nitrogens with one attached hydrogen (secondary N) is 1. The highest BCUT2D eigenvalue weighted by atomic mass is 16.5. The van der Waals surface area contributed by atoms with Crippen LogP contribution in [0.15, 0.2) is 0 Å². The largest absolute Gasteiger partial charge is 0.373 e. The van der Waals surface area contributed by atoms with Crippen LogP contribution >= 0.6 is 0 Å². The molecule has 4 amide bonds. The monoisotopic (exact) mass is 268 g/mol. The van der Waals surface area contributed by atoms with E-state index in [1.54, 1.807) is 13.8 Å². The molecule has 0 saturated carbocycles. The molecule has 0 aromatic carbocycles. The van der Waals surface area contributed by atoms with Gasteiger partial charge in [-0.3, -0.25) is 19.8 Å². The van der Waals surface area contributed by atoms with Crippen LogP contribution in [0.4, 0.5) is 4.79 Å². The fraction of sp³-hybridized carbons (Fsp3) is 0.769. The maximum atomic E-state index is 12.3. The van der Waals surface area contributed by atoms with E-state index in [2.05, 4.69) is 5.32 Å². The number of urea groups is 1. The van der Waals surface area contributed by atoms with Gasteiger partial charge in [-0.1, -0.05) is 13.8 Å². The fourth-order valence-corrected chi connectivity index (χ4v) is 2.66. The lowest BCUT2D eigenvalue weighted by Crippen LogP contribution is -2.61. The smallest absolute Gasteiger partial charge is 0.330 e. The molecule has 0 aromatic rings. The first-order valence-electron chi connectivity index (χ1n) is 6.64. The molecular weight excluding hydrogens is 248 g/mol. The van der Waals surface area contributed by atoms with E-state index in [0.717, 1.165) is 17.7 Å². The van der Waals surface area contributed by atoms with Crippen molar-refractivity contribution >= 4 is 17.8 Å². The van der Waals surface area contributed by atoms with Gasteiger partial charge < -0.3 is 4.74 Å².